The molecule has 1 aromatic rings. The second kappa shape index (κ2) is 8.63. The predicted octanol–water partition coefficient (Wildman–Crippen LogP) is 2.54. The lowest BCUT2D eigenvalue weighted by atomic mass is 9.90. The summed E-state index contributed by atoms with van der Waals surface area (Å²) >= 11 is 0. The highest BCUT2D eigenvalue weighted by Gasteiger charge is 2.25. The van der Waals surface area contributed by atoms with E-state index in [1.807, 2.05) is 0 Å². The summed E-state index contributed by atoms with van der Waals surface area (Å²) in [5.74, 6) is 0.322. The summed E-state index contributed by atoms with van der Waals surface area (Å²) in [6.07, 6.45) is 7.10. The standard InChI is InChI=1S/C20H30N2O2/c1-24-12-11-22-10-4-7-19(15-22)20(23)21-14-16-8-9-17-5-2-3-6-18(17)13-16/h8-9,13,19H,2-7,10-12,14-15H2,1H3,(H,21,23). The van der Waals surface area contributed by atoms with Gasteiger partial charge in [-0.2, -0.15) is 0 Å². The van der Waals surface area contributed by atoms with Crippen molar-refractivity contribution in [2.45, 2.75) is 45.1 Å². The van der Waals surface area contributed by atoms with Crippen LogP contribution in [0.3, 0.4) is 0 Å². The van der Waals surface area contributed by atoms with Gasteiger partial charge in [-0.05, 0) is 61.8 Å². The van der Waals surface area contributed by atoms with Crippen molar-refractivity contribution in [3.8, 4) is 0 Å². The van der Waals surface area contributed by atoms with Crippen molar-refractivity contribution in [2.75, 3.05) is 33.4 Å². The molecule has 0 bridgehead atoms. The van der Waals surface area contributed by atoms with Gasteiger partial charge in [0.15, 0.2) is 0 Å². The topological polar surface area (TPSA) is 41.6 Å². The number of hydrogen-bond donors (Lipinski definition) is 1. The molecule has 1 N–H and O–H groups in total. The zero-order chi connectivity index (χ0) is 16.8. The van der Waals surface area contributed by atoms with E-state index >= 15 is 0 Å². The molecule has 4 heteroatoms. The quantitative estimate of drug-likeness (QED) is 0.871. The molecule has 1 aliphatic carbocycles. The first kappa shape index (κ1) is 17.4. The average molecular weight is 330 g/mol. The highest BCUT2D eigenvalue weighted by Crippen LogP contribution is 2.22. The van der Waals surface area contributed by atoms with Gasteiger partial charge in [0.1, 0.15) is 0 Å². The number of aryl methyl sites for hydroxylation is 2. The molecule has 1 saturated heterocycles. The number of amides is 1. The SMILES string of the molecule is COCCN1CCCC(C(=O)NCc2ccc3c(c2)CCCC3)C1. The van der Waals surface area contributed by atoms with E-state index in [-0.39, 0.29) is 11.8 Å². The van der Waals surface area contributed by atoms with Gasteiger partial charge in [-0.3, -0.25) is 4.79 Å². The Hall–Kier alpha value is -1.39. The van der Waals surface area contributed by atoms with Crippen molar-refractivity contribution < 1.29 is 9.53 Å². The zero-order valence-electron chi connectivity index (χ0n) is 14.9. The zero-order valence-corrected chi connectivity index (χ0v) is 14.9. The summed E-state index contributed by atoms with van der Waals surface area (Å²) in [6.45, 7) is 4.26. The fourth-order valence-corrected chi connectivity index (χ4v) is 3.92. The first-order valence-electron chi connectivity index (χ1n) is 9.36. The molecule has 2 aliphatic rings. The van der Waals surface area contributed by atoms with Crippen LogP contribution in [0.1, 0.15) is 42.4 Å². The van der Waals surface area contributed by atoms with Crippen molar-refractivity contribution >= 4 is 5.91 Å². The van der Waals surface area contributed by atoms with E-state index in [4.69, 9.17) is 4.74 Å². The van der Waals surface area contributed by atoms with Crippen LogP contribution in [0.15, 0.2) is 18.2 Å². The highest BCUT2D eigenvalue weighted by molar-refractivity contribution is 5.79. The van der Waals surface area contributed by atoms with E-state index in [1.54, 1.807) is 7.11 Å². The number of rotatable bonds is 6. The molecule has 1 amide bonds. The van der Waals surface area contributed by atoms with Crippen molar-refractivity contribution in [1.29, 1.82) is 0 Å². The fraction of sp³-hybridized carbons (Fsp3) is 0.650. The number of benzene rings is 1. The van der Waals surface area contributed by atoms with E-state index in [2.05, 4.69) is 28.4 Å². The number of nitrogens with one attached hydrogen (secondary N) is 1. The average Bonchev–Trinajstić information content (AvgIpc) is 2.64. The first-order valence-corrected chi connectivity index (χ1v) is 9.36. The van der Waals surface area contributed by atoms with Crippen LogP contribution in [0.5, 0.6) is 0 Å². The second-order valence-electron chi connectivity index (χ2n) is 7.16. The number of carbonyl (C=O) groups excluding carboxylic acids is 1. The monoisotopic (exact) mass is 330 g/mol. The number of likely N-dealkylation sites (tertiary alicyclic amines) is 1. The van der Waals surface area contributed by atoms with Crippen molar-refractivity contribution in [1.82, 2.24) is 10.2 Å². The van der Waals surface area contributed by atoms with Gasteiger partial charge in [0.05, 0.1) is 12.5 Å². The van der Waals surface area contributed by atoms with Gasteiger partial charge in [0, 0.05) is 26.7 Å². The van der Waals surface area contributed by atoms with E-state index in [9.17, 15) is 4.79 Å². The molecule has 0 radical (unpaired) electrons. The van der Waals surface area contributed by atoms with E-state index in [1.165, 1.54) is 42.4 Å². The molecule has 1 heterocycles. The van der Waals surface area contributed by atoms with E-state index < -0.39 is 0 Å². The van der Waals surface area contributed by atoms with Crippen molar-refractivity contribution in [3.63, 3.8) is 0 Å². The highest BCUT2D eigenvalue weighted by atomic mass is 16.5. The molecule has 1 aromatic carbocycles. The van der Waals surface area contributed by atoms with Crippen LogP contribution in [-0.4, -0.2) is 44.2 Å². The van der Waals surface area contributed by atoms with Gasteiger partial charge >= 0.3 is 0 Å². The van der Waals surface area contributed by atoms with Crippen LogP contribution < -0.4 is 5.32 Å². The van der Waals surface area contributed by atoms with Gasteiger partial charge in [-0.25, -0.2) is 0 Å². The van der Waals surface area contributed by atoms with Gasteiger partial charge < -0.3 is 15.0 Å². The molecule has 1 fully saturated rings. The van der Waals surface area contributed by atoms with Crippen molar-refractivity contribution in [2.24, 2.45) is 5.92 Å². The molecule has 0 saturated carbocycles. The largest absolute Gasteiger partial charge is 0.383 e. The molecule has 3 rings (SSSR count). The number of ether oxygens (including phenoxy) is 1. The Morgan fingerprint density at radius 2 is 2.08 bits per heavy atom. The van der Waals surface area contributed by atoms with Gasteiger partial charge in [0.2, 0.25) is 5.91 Å². The molecule has 132 valence electrons. The van der Waals surface area contributed by atoms with Crippen LogP contribution in [0.2, 0.25) is 0 Å². The number of fused-ring (bicyclic) bond motifs is 1. The Morgan fingerprint density at radius 3 is 2.92 bits per heavy atom. The second-order valence-corrected chi connectivity index (χ2v) is 7.16. The van der Waals surface area contributed by atoms with Crippen molar-refractivity contribution in [3.05, 3.63) is 34.9 Å². The minimum Gasteiger partial charge on any atom is -0.383 e. The Bertz CT molecular complexity index is 559. The number of hydrogen-bond acceptors (Lipinski definition) is 3. The van der Waals surface area contributed by atoms with Gasteiger partial charge in [-0.15, -0.1) is 0 Å². The smallest absolute Gasteiger partial charge is 0.224 e. The molecule has 1 aliphatic heterocycles. The summed E-state index contributed by atoms with van der Waals surface area (Å²) in [5, 5.41) is 3.16. The van der Waals surface area contributed by atoms with E-state index in [0.717, 1.165) is 39.1 Å². The molecular weight excluding hydrogens is 300 g/mol. The molecule has 24 heavy (non-hydrogen) atoms. The third-order valence-electron chi connectivity index (χ3n) is 5.37. The number of piperidine rings is 1. The van der Waals surface area contributed by atoms with Crippen LogP contribution in [0, 0.1) is 5.92 Å². The molecular formula is C20H30N2O2. The Labute approximate surface area is 145 Å². The van der Waals surface area contributed by atoms with Crippen LogP contribution >= 0.6 is 0 Å². The summed E-state index contributed by atoms with van der Waals surface area (Å²) in [6, 6.07) is 6.72. The van der Waals surface area contributed by atoms with Crippen LogP contribution in [-0.2, 0) is 28.9 Å². The maximum Gasteiger partial charge on any atom is 0.224 e. The van der Waals surface area contributed by atoms with Gasteiger partial charge in [-0.1, -0.05) is 18.2 Å². The third-order valence-corrected chi connectivity index (χ3v) is 5.37. The Balaban J connectivity index is 1.50. The Morgan fingerprint density at radius 1 is 1.25 bits per heavy atom. The fourth-order valence-electron chi connectivity index (χ4n) is 3.92. The van der Waals surface area contributed by atoms with Crippen LogP contribution in [0.25, 0.3) is 0 Å². The maximum atomic E-state index is 12.5. The lowest BCUT2D eigenvalue weighted by Crippen LogP contribution is -2.43. The normalized spacial score (nSPS) is 21.3. The third kappa shape index (κ3) is 4.58. The predicted molar refractivity (Wildman–Crippen MR) is 96.0 cm³/mol. The molecule has 1 unspecified atom stereocenters. The first-order chi connectivity index (χ1) is 11.8. The summed E-state index contributed by atoms with van der Waals surface area (Å²) in [4.78, 5) is 14.9. The number of nitrogens with zero attached hydrogens (tertiary/aromatic N) is 1. The maximum absolute atomic E-state index is 12.5. The number of methoxy groups -OCH3 is 1. The molecule has 1 atom stereocenters. The lowest BCUT2D eigenvalue weighted by Gasteiger charge is -2.31. The molecule has 0 aromatic heterocycles. The van der Waals surface area contributed by atoms with Gasteiger partial charge in [0.25, 0.3) is 0 Å². The summed E-state index contributed by atoms with van der Waals surface area (Å²) in [5.41, 5.74) is 4.21. The summed E-state index contributed by atoms with van der Waals surface area (Å²) < 4.78 is 5.15. The summed E-state index contributed by atoms with van der Waals surface area (Å²) in [7, 11) is 1.73. The minimum absolute atomic E-state index is 0.119. The lowest BCUT2D eigenvalue weighted by molar-refractivity contribution is -0.126. The van der Waals surface area contributed by atoms with Crippen LogP contribution in [0.4, 0.5) is 0 Å². The minimum atomic E-state index is 0.119. The van der Waals surface area contributed by atoms with E-state index in [0.29, 0.717) is 6.54 Å². The number of carbonyl (C=O) groups is 1. The molecule has 0 spiro atoms. The Kier molecular flexibility index (Phi) is 6.27. The molecule has 4 nitrogen and oxygen atoms in total.